The Morgan fingerprint density at radius 2 is 2.33 bits per heavy atom. The van der Waals surface area contributed by atoms with Crippen molar-refractivity contribution in [3.05, 3.63) is 11.9 Å². The van der Waals surface area contributed by atoms with Crippen LogP contribution in [0.3, 0.4) is 0 Å². The third-order valence-corrected chi connectivity index (χ3v) is 2.91. The van der Waals surface area contributed by atoms with E-state index in [1.54, 1.807) is 4.68 Å². The Morgan fingerprint density at radius 1 is 1.53 bits per heavy atom. The lowest BCUT2D eigenvalue weighted by Crippen LogP contribution is -2.47. The van der Waals surface area contributed by atoms with Gasteiger partial charge in [0.05, 0.1) is 11.3 Å². The lowest BCUT2D eigenvalue weighted by Gasteiger charge is -2.36. The highest BCUT2D eigenvalue weighted by Crippen LogP contribution is 2.23. The molecule has 1 saturated heterocycles. The van der Waals surface area contributed by atoms with E-state index in [0.29, 0.717) is 6.42 Å². The Balaban J connectivity index is 2.03. The number of likely N-dealkylation sites (tertiary alicyclic amines) is 1. The maximum Gasteiger partial charge on any atom is 0.0856 e. The Morgan fingerprint density at radius 3 is 2.93 bits per heavy atom. The molecule has 5 heteroatoms. The largest absolute Gasteiger partial charge is 0.388 e. The summed E-state index contributed by atoms with van der Waals surface area (Å²) in [6.07, 6.45) is 4.37. The third-order valence-electron chi connectivity index (χ3n) is 2.91. The maximum atomic E-state index is 10.4. The summed E-state index contributed by atoms with van der Waals surface area (Å²) in [5, 5.41) is 18.3. The Bertz CT molecular complexity index is 338. The second kappa shape index (κ2) is 3.90. The van der Waals surface area contributed by atoms with E-state index in [1.807, 2.05) is 20.3 Å². The zero-order chi connectivity index (χ0) is 10.9. The monoisotopic (exact) mass is 210 g/mol. The summed E-state index contributed by atoms with van der Waals surface area (Å²) < 4.78 is 1.67. The van der Waals surface area contributed by atoms with E-state index < -0.39 is 5.60 Å². The van der Waals surface area contributed by atoms with Crippen LogP contribution >= 0.6 is 0 Å². The molecule has 15 heavy (non-hydrogen) atoms. The molecule has 1 fully saturated rings. The normalized spacial score (nSPS) is 28.2. The van der Waals surface area contributed by atoms with E-state index in [1.165, 1.54) is 0 Å². The van der Waals surface area contributed by atoms with Crippen LogP contribution in [0.5, 0.6) is 0 Å². The molecule has 2 rings (SSSR count). The van der Waals surface area contributed by atoms with Crippen LogP contribution in [0.15, 0.2) is 6.20 Å². The van der Waals surface area contributed by atoms with Crippen LogP contribution < -0.4 is 0 Å². The van der Waals surface area contributed by atoms with Crippen molar-refractivity contribution in [2.45, 2.75) is 24.9 Å². The van der Waals surface area contributed by atoms with Crippen molar-refractivity contribution in [3.63, 3.8) is 0 Å². The van der Waals surface area contributed by atoms with Crippen LogP contribution in [0.2, 0.25) is 0 Å². The van der Waals surface area contributed by atoms with Crippen molar-refractivity contribution in [2.75, 3.05) is 20.1 Å². The number of piperidine rings is 1. The molecule has 1 aliphatic heterocycles. The predicted octanol–water partition coefficient (Wildman–Crippen LogP) is -0.186. The highest BCUT2D eigenvalue weighted by atomic mass is 16.3. The maximum absolute atomic E-state index is 10.4. The molecule has 1 atom stereocenters. The molecule has 0 saturated carbocycles. The zero-order valence-corrected chi connectivity index (χ0v) is 9.35. The number of nitrogens with zero attached hydrogens (tertiary/aromatic N) is 4. The fourth-order valence-corrected chi connectivity index (χ4v) is 2.30. The summed E-state index contributed by atoms with van der Waals surface area (Å²) in [5.74, 6) is 0. The van der Waals surface area contributed by atoms with Crippen molar-refractivity contribution in [1.82, 2.24) is 19.9 Å². The molecule has 1 unspecified atom stereocenters. The van der Waals surface area contributed by atoms with Gasteiger partial charge in [-0.3, -0.25) is 4.68 Å². The van der Waals surface area contributed by atoms with Gasteiger partial charge in [-0.2, -0.15) is 0 Å². The second-order valence-corrected chi connectivity index (χ2v) is 4.63. The molecule has 2 heterocycles. The van der Waals surface area contributed by atoms with Gasteiger partial charge in [-0.1, -0.05) is 5.21 Å². The minimum Gasteiger partial charge on any atom is -0.388 e. The first kappa shape index (κ1) is 10.6. The van der Waals surface area contributed by atoms with Crippen LogP contribution in [-0.4, -0.2) is 50.7 Å². The molecule has 1 aliphatic rings. The van der Waals surface area contributed by atoms with Crippen LogP contribution in [0, 0.1) is 0 Å². The molecule has 1 aromatic rings. The molecular weight excluding hydrogens is 192 g/mol. The molecule has 5 nitrogen and oxygen atoms in total. The van der Waals surface area contributed by atoms with Gasteiger partial charge in [-0.25, -0.2) is 0 Å². The highest BCUT2D eigenvalue weighted by Gasteiger charge is 2.32. The van der Waals surface area contributed by atoms with Crippen molar-refractivity contribution < 1.29 is 5.11 Å². The van der Waals surface area contributed by atoms with Gasteiger partial charge >= 0.3 is 0 Å². The summed E-state index contributed by atoms with van der Waals surface area (Å²) >= 11 is 0. The van der Waals surface area contributed by atoms with Gasteiger partial charge in [0, 0.05) is 26.2 Å². The summed E-state index contributed by atoms with van der Waals surface area (Å²) in [6, 6.07) is 0. The number of hydrogen-bond acceptors (Lipinski definition) is 4. The fraction of sp³-hybridized carbons (Fsp3) is 0.800. The first-order valence-corrected chi connectivity index (χ1v) is 5.34. The Labute approximate surface area is 89.7 Å². The molecule has 0 bridgehead atoms. The van der Waals surface area contributed by atoms with Gasteiger partial charge in [-0.05, 0) is 26.4 Å². The van der Waals surface area contributed by atoms with Gasteiger partial charge < -0.3 is 10.0 Å². The van der Waals surface area contributed by atoms with Gasteiger partial charge in [0.1, 0.15) is 0 Å². The number of likely N-dealkylation sites (N-methyl/N-ethyl adjacent to an activating group) is 1. The summed E-state index contributed by atoms with van der Waals surface area (Å²) in [4.78, 5) is 2.17. The Kier molecular flexibility index (Phi) is 2.75. The van der Waals surface area contributed by atoms with E-state index >= 15 is 0 Å². The highest BCUT2D eigenvalue weighted by molar-refractivity contribution is 5.01. The lowest BCUT2D eigenvalue weighted by atomic mass is 9.89. The van der Waals surface area contributed by atoms with Crippen molar-refractivity contribution in [2.24, 2.45) is 7.05 Å². The third kappa shape index (κ3) is 2.54. The summed E-state index contributed by atoms with van der Waals surface area (Å²) in [7, 11) is 3.88. The van der Waals surface area contributed by atoms with Crippen molar-refractivity contribution in [3.8, 4) is 0 Å². The molecule has 0 aromatic carbocycles. The average molecular weight is 210 g/mol. The minimum absolute atomic E-state index is 0.602. The molecule has 84 valence electrons. The molecule has 0 aliphatic carbocycles. The average Bonchev–Trinajstić information content (AvgIpc) is 2.49. The van der Waals surface area contributed by atoms with Crippen molar-refractivity contribution in [1.29, 1.82) is 0 Å². The second-order valence-electron chi connectivity index (χ2n) is 4.63. The number of aromatic nitrogens is 3. The quantitative estimate of drug-likeness (QED) is 0.735. The van der Waals surface area contributed by atoms with Crippen LogP contribution in [0.4, 0.5) is 0 Å². The molecule has 0 amide bonds. The topological polar surface area (TPSA) is 54.2 Å². The number of β-amino-alcohol motifs (C(OH)–C–C–N with tert-alkyl or cyclic N) is 1. The number of aryl methyl sites for hydroxylation is 1. The molecule has 0 radical (unpaired) electrons. The van der Waals surface area contributed by atoms with Gasteiger partial charge in [0.25, 0.3) is 0 Å². The number of rotatable bonds is 2. The number of aliphatic hydroxyl groups is 1. The first-order chi connectivity index (χ1) is 7.07. The van der Waals surface area contributed by atoms with E-state index in [2.05, 4.69) is 15.2 Å². The summed E-state index contributed by atoms with van der Waals surface area (Å²) in [5.41, 5.74) is 0.249. The predicted molar refractivity (Wildman–Crippen MR) is 56.4 cm³/mol. The van der Waals surface area contributed by atoms with Crippen LogP contribution in [0.1, 0.15) is 18.5 Å². The molecular formula is C10H18N4O. The van der Waals surface area contributed by atoms with E-state index in [0.717, 1.165) is 31.6 Å². The van der Waals surface area contributed by atoms with Gasteiger partial charge in [-0.15, -0.1) is 5.10 Å². The van der Waals surface area contributed by atoms with Crippen LogP contribution in [-0.2, 0) is 13.5 Å². The first-order valence-electron chi connectivity index (χ1n) is 5.34. The SMILES string of the molecule is CN1CCCC(O)(Cc2cn(C)nn2)C1. The van der Waals surface area contributed by atoms with Crippen LogP contribution in [0.25, 0.3) is 0 Å². The fourth-order valence-electron chi connectivity index (χ4n) is 2.30. The van der Waals surface area contributed by atoms with Gasteiger partial charge in [0.2, 0.25) is 0 Å². The van der Waals surface area contributed by atoms with Crippen molar-refractivity contribution >= 4 is 0 Å². The van der Waals surface area contributed by atoms with E-state index in [-0.39, 0.29) is 0 Å². The summed E-state index contributed by atoms with van der Waals surface area (Å²) in [6.45, 7) is 1.80. The number of hydrogen-bond donors (Lipinski definition) is 1. The van der Waals surface area contributed by atoms with E-state index in [4.69, 9.17) is 0 Å². The minimum atomic E-state index is -0.622. The molecule has 0 spiro atoms. The zero-order valence-electron chi connectivity index (χ0n) is 9.35. The standard InChI is InChI=1S/C10H18N4O/c1-13-5-3-4-10(15,8-13)6-9-7-14(2)12-11-9/h7,15H,3-6,8H2,1-2H3. The van der Waals surface area contributed by atoms with Gasteiger partial charge in [0.15, 0.2) is 0 Å². The molecule has 1 aromatic heterocycles. The van der Waals surface area contributed by atoms with E-state index in [9.17, 15) is 5.11 Å². The lowest BCUT2D eigenvalue weighted by molar-refractivity contribution is -0.0230. The Hall–Kier alpha value is -0.940. The smallest absolute Gasteiger partial charge is 0.0856 e. The molecule has 1 N–H and O–H groups in total.